The second-order valence-corrected chi connectivity index (χ2v) is 5.78. The summed E-state index contributed by atoms with van der Waals surface area (Å²) in [5.41, 5.74) is 6.69. The first-order valence-corrected chi connectivity index (χ1v) is 9.21. The smallest absolute Gasteiger partial charge is 0.333 e. The number of nitrogen functional groups attached to an aromatic ring is 1. The highest BCUT2D eigenvalue weighted by atomic mass is 16.6. The number of ether oxygens (including phenoxy) is 6. The fourth-order valence-electron chi connectivity index (χ4n) is 1.86. The second-order valence-electron chi connectivity index (χ2n) is 5.78. The Morgan fingerprint density at radius 2 is 1.21 bits per heavy atom. The minimum Gasteiger partial charge on any atom is -0.491 e. The molecule has 8 nitrogen and oxygen atoms in total. The maximum absolute atomic E-state index is 11.1. The summed E-state index contributed by atoms with van der Waals surface area (Å²) < 4.78 is 31.8. The molecule has 0 radical (unpaired) electrons. The lowest BCUT2D eigenvalue weighted by atomic mass is 10.3. The van der Waals surface area contributed by atoms with Crippen molar-refractivity contribution in [2.24, 2.45) is 0 Å². The van der Waals surface area contributed by atoms with E-state index >= 15 is 0 Å². The van der Waals surface area contributed by atoms with Gasteiger partial charge in [0.2, 0.25) is 0 Å². The predicted molar refractivity (Wildman–Crippen MR) is 105 cm³/mol. The van der Waals surface area contributed by atoms with Gasteiger partial charge in [-0.3, -0.25) is 0 Å². The number of benzene rings is 1. The van der Waals surface area contributed by atoms with Crippen LogP contribution < -0.4 is 10.5 Å². The van der Waals surface area contributed by atoms with E-state index in [4.69, 9.17) is 34.2 Å². The Kier molecular flexibility index (Phi) is 13.6. The van der Waals surface area contributed by atoms with Crippen LogP contribution in [0.25, 0.3) is 0 Å². The van der Waals surface area contributed by atoms with E-state index < -0.39 is 5.97 Å². The van der Waals surface area contributed by atoms with Crippen molar-refractivity contribution in [3.8, 4) is 5.75 Å². The molecule has 0 unspecified atom stereocenters. The highest BCUT2D eigenvalue weighted by molar-refractivity contribution is 5.86. The van der Waals surface area contributed by atoms with Crippen LogP contribution in [0.3, 0.4) is 0 Å². The van der Waals surface area contributed by atoms with Gasteiger partial charge in [0.1, 0.15) is 19.0 Å². The summed E-state index contributed by atoms with van der Waals surface area (Å²) in [6.45, 7) is 9.44. The molecule has 0 aromatic heterocycles. The van der Waals surface area contributed by atoms with E-state index in [0.29, 0.717) is 70.7 Å². The first-order chi connectivity index (χ1) is 13.6. The number of esters is 1. The number of nitrogens with two attached hydrogens (primary N) is 1. The first-order valence-electron chi connectivity index (χ1n) is 9.21. The molecule has 0 spiro atoms. The summed E-state index contributed by atoms with van der Waals surface area (Å²) in [5.74, 6) is 0.360. The van der Waals surface area contributed by atoms with E-state index in [1.807, 2.05) is 12.1 Å². The third-order valence-electron chi connectivity index (χ3n) is 3.30. The number of hydrogen-bond donors (Lipinski definition) is 1. The molecule has 0 fully saturated rings. The first kappa shape index (κ1) is 23.9. The molecule has 28 heavy (non-hydrogen) atoms. The van der Waals surface area contributed by atoms with Gasteiger partial charge in [-0.2, -0.15) is 0 Å². The molecule has 158 valence electrons. The molecule has 0 bridgehead atoms. The largest absolute Gasteiger partial charge is 0.491 e. The zero-order valence-electron chi connectivity index (χ0n) is 16.5. The van der Waals surface area contributed by atoms with E-state index in [1.165, 1.54) is 0 Å². The number of carbonyl (C=O) groups excluding carboxylic acids is 1. The molecule has 2 N–H and O–H groups in total. The molecular weight excluding hydrogens is 366 g/mol. The van der Waals surface area contributed by atoms with Crippen molar-refractivity contribution in [1.29, 1.82) is 0 Å². The molecule has 8 heteroatoms. The van der Waals surface area contributed by atoms with Gasteiger partial charge in [-0.25, -0.2) is 4.79 Å². The lowest BCUT2D eigenvalue weighted by Crippen LogP contribution is -2.15. The van der Waals surface area contributed by atoms with Crippen molar-refractivity contribution < 1.29 is 33.2 Å². The van der Waals surface area contributed by atoms with E-state index in [-0.39, 0.29) is 6.61 Å². The van der Waals surface area contributed by atoms with E-state index in [9.17, 15) is 4.79 Å². The van der Waals surface area contributed by atoms with Gasteiger partial charge in [0.15, 0.2) is 0 Å². The number of rotatable bonds is 17. The minimum atomic E-state index is -0.407. The highest BCUT2D eigenvalue weighted by Gasteiger charge is 2.01. The summed E-state index contributed by atoms with van der Waals surface area (Å²) in [5, 5.41) is 0. The van der Waals surface area contributed by atoms with Crippen molar-refractivity contribution in [2.45, 2.75) is 6.92 Å². The molecule has 0 atom stereocenters. The molecule has 0 heterocycles. The standard InChI is InChI=1S/C20H31NO7/c1-17(2)20(22)28-16-14-26-12-10-24-8-7-23-9-11-25-13-15-27-19-5-3-18(21)4-6-19/h3-6H,1,7-16,21H2,2H3. The van der Waals surface area contributed by atoms with Gasteiger partial charge in [-0.15, -0.1) is 0 Å². The Hall–Kier alpha value is -2.13. The average molecular weight is 397 g/mol. The quantitative estimate of drug-likeness (QED) is 0.184. The molecule has 1 rings (SSSR count). The number of anilines is 1. The Bertz CT molecular complexity index is 548. The lowest BCUT2D eigenvalue weighted by molar-refractivity contribution is -0.140. The Balaban J connectivity index is 1.75. The van der Waals surface area contributed by atoms with Gasteiger partial charge < -0.3 is 34.2 Å². The zero-order valence-corrected chi connectivity index (χ0v) is 16.5. The second kappa shape index (κ2) is 15.9. The topological polar surface area (TPSA) is 98.5 Å². The summed E-state index contributed by atoms with van der Waals surface area (Å²) in [6.07, 6.45) is 0. The Labute approximate surface area is 166 Å². The molecule has 0 saturated carbocycles. The molecule has 1 aromatic rings. The normalized spacial score (nSPS) is 10.6. The van der Waals surface area contributed by atoms with E-state index in [0.717, 1.165) is 5.75 Å². The van der Waals surface area contributed by atoms with Crippen LogP contribution in [0, 0.1) is 0 Å². The minimum absolute atomic E-state index is 0.208. The van der Waals surface area contributed by atoms with Crippen LogP contribution in [-0.2, 0) is 28.5 Å². The number of carbonyl (C=O) groups is 1. The van der Waals surface area contributed by atoms with Crippen molar-refractivity contribution in [3.05, 3.63) is 36.4 Å². The van der Waals surface area contributed by atoms with Crippen LogP contribution in [0.15, 0.2) is 36.4 Å². The zero-order chi connectivity index (χ0) is 20.5. The maximum atomic E-state index is 11.1. The van der Waals surface area contributed by atoms with Crippen LogP contribution in [0.4, 0.5) is 5.69 Å². The van der Waals surface area contributed by atoms with Crippen LogP contribution in [0.1, 0.15) is 6.92 Å². The van der Waals surface area contributed by atoms with Crippen LogP contribution in [0.5, 0.6) is 5.75 Å². The van der Waals surface area contributed by atoms with Crippen LogP contribution >= 0.6 is 0 Å². The van der Waals surface area contributed by atoms with Crippen molar-refractivity contribution in [3.63, 3.8) is 0 Å². The molecule has 1 aromatic carbocycles. The fourth-order valence-corrected chi connectivity index (χ4v) is 1.86. The monoisotopic (exact) mass is 397 g/mol. The third kappa shape index (κ3) is 13.1. The molecule has 0 aliphatic carbocycles. The molecule has 0 saturated heterocycles. The molecule has 0 amide bonds. The van der Waals surface area contributed by atoms with Crippen molar-refractivity contribution >= 4 is 11.7 Å². The average Bonchev–Trinajstić information content (AvgIpc) is 2.68. The molecule has 0 aliphatic rings. The van der Waals surface area contributed by atoms with Gasteiger partial charge in [-0.1, -0.05) is 6.58 Å². The molecular formula is C20H31NO7. The van der Waals surface area contributed by atoms with Gasteiger partial charge in [0.25, 0.3) is 0 Å². The summed E-state index contributed by atoms with van der Waals surface area (Å²) in [7, 11) is 0. The number of hydrogen-bond acceptors (Lipinski definition) is 8. The van der Waals surface area contributed by atoms with Gasteiger partial charge in [0, 0.05) is 11.3 Å². The van der Waals surface area contributed by atoms with Crippen molar-refractivity contribution in [1.82, 2.24) is 0 Å². The van der Waals surface area contributed by atoms with Gasteiger partial charge >= 0.3 is 5.97 Å². The fraction of sp³-hybridized carbons (Fsp3) is 0.550. The van der Waals surface area contributed by atoms with Gasteiger partial charge in [0.05, 0.1) is 52.9 Å². The van der Waals surface area contributed by atoms with Crippen molar-refractivity contribution in [2.75, 3.05) is 71.8 Å². The van der Waals surface area contributed by atoms with Gasteiger partial charge in [-0.05, 0) is 31.2 Å². The molecule has 0 aliphatic heterocycles. The van der Waals surface area contributed by atoms with Crippen LogP contribution in [0.2, 0.25) is 0 Å². The van der Waals surface area contributed by atoms with E-state index in [2.05, 4.69) is 6.58 Å². The SMILES string of the molecule is C=C(C)C(=O)OCCOCCOCCOCCOCCOc1ccc(N)cc1. The summed E-state index contributed by atoms with van der Waals surface area (Å²) in [6, 6.07) is 7.23. The lowest BCUT2D eigenvalue weighted by Gasteiger charge is -2.09. The third-order valence-corrected chi connectivity index (χ3v) is 3.30. The summed E-state index contributed by atoms with van der Waals surface area (Å²) >= 11 is 0. The Morgan fingerprint density at radius 3 is 1.68 bits per heavy atom. The van der Waals surface area contributed by atoms with E-state index in [1.54, 1.807) is 19.1 Å². The summed E-state index contributed by atoms with van der Waals surface area (Å²) in [4.78, 5) is 11.1. The van der Waals surface area contributed by atoms with Crippen LogP contribution in [-0.4, -0.2) is 72.0 Å². The Morgan fingerprint density at radius 1 is 0.786 bits per heavy atom. The predicted octanol–water partition coefficient (Wildman–Crippen LogP) is 1.83. The highest BCUT2D eigenvalue weighted by Crippen LogP contribution is 2.12. The maximum Gasteiger partial charge on any atom is 0.333 e.